The minimum absolute atomic E-state index is 0.0320. The zero-order valence-corrected chi connectivity index (χ0v) is 14.8. The second-order valence-corrected chi connectivity index (χ2v) is 7.64. The Labute approximate surface area is 146 Å². The Hall–Kier alpha value is -1.20. The van der Waals surface area contributed by atoms with Gasteiger partial charge in [-0.05, 0) is 30.0 Å². The minimum Gasteiger partial charge on any atom is -0.481 e. The molecule has 0 aromatic heterocycles. The van der Waals surface area contributed by atoms with Crippen molar-refractivity contribution in [3.8, 4) is 0 Å². The number of halogens is 1. The van der Waals surface area contributed by atoms with E-state index in [0.29, 0.717) is 23.7 Å². The number of benzene rings is 1. The third kappa shape index (κ3) is 5.74. The second-order valence-electron chi connectivity index (χ2n) is 6.05. The standard InChI is InChI=1S/C17H22ClNO3S/c1-12(8-13-2-4-14(18)5-3-13)9-16(20)19-6-7-23-11-15(19)10-17(21)22/h2-5,12,15H,6-11H2,1H3,(H,21,22). The van der Waals surface area contributed by atoms with E-state index in [1.54, 1.807) is 16.7 Å². The third-order valence-electron chi connectivity index (χ3n) is 3.98. The number of nitrogens with zero attached hydrogens (tertiary/aromatic N) is 1. The van der Waals surface area contributed by atoms with Gasteiger partial charge >= 0.3 is 5.97 Å². The van der Waals surface area contributed by atoms with Gasteiger partial charge in [0.25, 0.3) is 0 Å². The van der Waals surface area contributed by atoms with E-state index < -0.39 is 5.97 Å². The molecule has 0 bridgehead atoms. The average molecular weight is 356 g/mol. The first kappa shape index (κ1) is 18.1. The number of aliphatic carboxylic acids is 1. The number of carboxylic acids is 1. The maximum Gasteiger partial charge on any atom is 0.305 e. The number of carboxylic acid groups (broad SMARTS) is 1. The van der Waals surface area contributed by atoms with Gasteiger partial charge in [0.05, 0.1) is 12.5 Å². The van der Waals surface area contributed by atoms with Crippen LogP contribution < -0.4 is 0 Å². The quantitative estimate of drug-likeness (QED) is 0.850. The topological polar surface area (TPSA) is 57.6 Å². The average Bonchev–Trinajstić information content (AvgIpc) is 2.49. The monoisotopic (exact) mass is 355 g/mol. The van der Waals surface area contributed by atoms with E-state index in [1.807, 2.05) is 24.3 Å². The van der Waals surface area contributed by atoms with Crippen LogP contribution in [0.4, 0.5) is 0 Å². The van der Waals surface area contributed by atoms with Crippen LogP contribution in [0.2, 0.25) is 5.02 Å². The van der Waals surface area contributed by atoms with Gasteiger partial charge in [-0.25, -0.2) is 0 Å². The van der Waals surface area contributed by atoms with Gasteiger partial charge in [-0.1, -0.05) is 30.7 Å². The van der Waals surface area contributed by atoms with E-state index in [-0.39, 0.29) is 24.3 Å². The molecular weight excluding hydrogens is 334 g/mol. The summed E-state index contributed by atoms with van der Waals surface area (Å²) in [5, 5.41) is 9.71. The number of hydrogen-bond acceptors (Lipinski definition) is 3. The zero-order valence-electron chi connectivity index (χ0n) is 13.2. The molecule has 23 heavy (non-hydrogen) atoms. The second kappa shape index (κ2) is 8.60. The number of amides is 1. The van der Waals surface area contributed by atoms with Crippen molar-refractivity contribution in [1.29, 1.82) is 0 Å². The molecule has 0 saturated carbocycles. The summed E-state index contributed by atoms with van der Waals surface area (Å²) < 4.78 is 0. The molecule has 1 N–H and O–H groups in total. The van der Waals surface area contributed by atoms with Crippen molar-refractivity contribution in [2.24, 2.45) is 5.92 Å². The van der Waals surface area contributed by atoms with Gasteiger partial charge in [-0.3, -0.25) is 9.59 Å². The zero-order chi connectivity index (χ0) is 16.8. The highest BCUT2D eigenvalue weighted by Gasteiger charge is 2.29. The summed E-state index contributed by atoms with van der Waals surface area (Å²) in [7, 11) is 0. The molecule has 0 aliphatic carbocycles. The van der Waals surface area contributed by atoms with Crippen LogP contribution in [0.25, 0.3) is 0 Å². The lowest BCUT2D eigenvalue weighted by atomic mass is 9.97. The van der Waals surface area contributed by atoms with Crippen molar-refractivity contribution >= 4 is 35.2 Å². The molecule has 1 aromatic carbocycles. The lowest BCUT2D eigenvalue weighted by Gasteiger charge is -2.35. The number of carbonyl (C=O) groups is 2. The molecule has 1 aliphatic rings. The van der Waals surface area contributed by atoms with Crippen molar-refractivity contribution in [2.75, 3.05) is 18.1 Å². The molecule has 2 rings (SSSR count). The van der Waals surface area contributed by atoms with Gasteiger partial charge < -0.3 is 10.0 Å². The third-order valence-corrected chi connectivity index (χ3v) is 5.32. The molecular formula is C17H22ClNO3S. The first-order valence-electron chi connectivity index (χ1n) is 7.79. The highest BCUT2D eigenvalue weighted by atomic mass is 35.5. The summed E-state index contributed by atoms with van der Waals surface area (Å²) in [5.41, 5.74) is 1.16. The van der Waals surface area contributed by atoms with Gasteiger partial charge in [-0.2, -0.15) is 11.8 Å². The van der Waals surface area contributed by atoms with Crippen molar-refractivity contribution < 1.29 is 14.7 Å². The molecule has 1 aromatic rings. The van der Waals surface area contributed by atoms with E-state index in [2.05, 4.69) is 6.92 Å². The van der Waals surface area contributed by atoms with Gasteiger partial charge in [0.1, 0.15) is 0 Å². The Bertz CT molecular complexity index is 549. The molecule has 1 aliphatic heterocycles. The molecule has 1 amide bonds. The molecule has 1 saturated heterocycles. The van der Waals surface area contributed by atoms with Crippen LogP contribution in [0.1, 0.15) is 25.3 Å². The number of hydrogen-bond donors (Lipinski definition) is 1. The molecule has 4 nitrogen and oxygen atoms in total. The molecule has 0 radical (unpaired) electrons. The summed E-state index contributed by atoms with van der Waals surface area (Å²) >= 11 is 7.60. The summed E-state index contributed by atoms with van der Waals surface area (Å²) in [6, 6.07) is 7.50. The molecule has 1 fully saturated rings. The smallest absolute Gasteiger partial charge is 0.305 e. The number of carbonyl (C=O) groups excluding carboxylic acids is 1. The fourth-order valence-corrected chi connectivity index (χ4v) is 4.05. The molecule has 2 unspecified atom stereocenters. The normalized spacial score (nSPS) is 19.4. The molecule has 2 atom stereocenters. The molecule has 1 heterocycles. The Morgan fingerprint density at radius 3 is 2.74 bits per heavy atom. The molecule has 0 spiro atoms. The van der Waals surface area contributed by atoms with Gasteiger partial charge in [0.15, 0.2) is 0 Å². The van der Waals surface area contributed by atoms with E-state index >= 15 is 0 Å². The predicted molar refractivity (Wildman–Crippen MR) is 94.0 cm³/mol. The van der Waals surface area contributed by atoms with Gasteiger partial charge in [-0.15, -0.1) is 0 Å². The maximum absolute atomic E-state index is 12.5. The van der Waals surface area contributed by atoms with Crippen LogP contribution >= 0.6 is 23.4 Å². The van der Waals surface area contributed by atoms with E-state index in [0.717, 1.165) is 17.7 Å². The Kier molecular flexibility index (Phi) is 6.78. The van der Waals surface area contributed by atoms with Crippen molar-refractivity contribution in [3.63, 3.8) is 0 Å². The van der Waals surface area contributed by atoms with Gasteiger partial charge in [0, 0.05) is 29.5 Å². The Balaban J connectivity index is 1.90. The van der Waals surface area contributed by atoms with E-state index in [9.17, 15) is 9.59 Å². The first-order chi connectivity index (χ1) is 11.0. The van der Waals surface area contributed by atoms with Crippen LogP contribution in [0.5, 0.6) is 0 Å². The molecule has 126 valence electrons. The van der Waals surface area contributed by atoms with Crippen LogP contribution in [0.15, 0.2) is 24.3 Å². The van der Waals surface area contributed by atoms with Crippen LogP contribution in [-0.4, -0.2) is 46.0 Å². The van der Waals surface area contributed by atoms with Crippen LogP contribution in [-0.2, 0) is 16.0 Å². The van der Waals surface area contributed by atoms with E-state index in [1.165, 1.54) is 0 Å². The largest absolute Gasteiger partial charge is 0.481 e. The summed E-state index contributed by atoms with van der Waals surface area (Å²) in [4.78, 5) is 25.3. The van der Waals surface area contributed by atoms with Crippen molar-refractivity contribution in [1.82, 2.24) is 4.90 Å². The lowest BCUT2D eigenvalue weighted by molar-refractivity contribution is -0.140. The fraction of sp³-hybridized carbons (Fsp3) is 0.529. The highest BCUT2D eigenvalue weighted by molar-refractivity contribution is 7.99. The SMILES string of the molecule is CC(CC(=O)N1CCSCC1CC(=O)O)Cc1ccc(Cl)cc1. The summed E-state index contributed by atoms with van der Waals surface area (Å²) in [5.74, 6) is 1.03. The molecule has 6 heteroatoms. The Morgan fingerprint density at radius 1 is 1.39 bits per heavy atom. The van der Waals surface area contributed by atoms with Crippen LogP contribution in [0, 0.1) is 5.92 Å². The number of thioether (sulfide) groups is 1. The number of rotatable bonds is 6. The summed E-state index contributed by atoms with van der Waals surface area (Å²) in [6.07, 6.45) is 1.29. The highest BCUT2D eigenvalue weighted by Crippen LogP contribution is 2.22. The lowest BCUT2D eigenvalue weighted by Crippen LogP contribution is -2.47. The van der Waals surface area contributed by atoms with Crippen LogP contribution in [0.3, 0.4) is 0 Å². The van der Waals surface area contributed by atoms with Gasteiger partial charge in [0.2, 0.25) is 5.91 Å². The Morgan fingerprint density at radius 2 is 2.09 bits per heavy atom. The summed E-state index contributed by atoms with van der Waals surface area (Å²) in [6.45, 7) is 2.70. The van der Waals surface area contributed by atoms with Crippen molar-refractivity contribution in [2.45, 2.75) is 32.2 Å². The maximum atomic E-state index is 12.5. The van der Waals surface area contributed by atoms with E-state index in [4.69, 9.17) is 16.7 Å². The minimum atomic E-state index is -0.843. The predicted octanol–water partition coefficient (Wildman–Crippen LogP) is 3.33. The van der Waals surface area contributed by atoms with Crippen molar-refractivity contribution in [3.05, 3.63) is 34.9 Å². The fourth-order valence-electron chi connectivity index (χ4n) is 2.86. The first-order valence-corrected chi connectivity index (χ1v) is 9.32.